The fraction of sp³-hybridized carbons (Fsp3) is 0. The van der Waals surface area contributed by atoms with Gasteiger partial charge in [-0.05, 0) is 52.4 Å². The number of primary sulfonamides is 1. The number of thiocarbonyl (C=S) groups is 1. The minimum absolute atomic E-state index is 0.161. The van der Waals surface area contributed by atoms with Gasteiger partial charge in [-0.3, -0.25) is 0 Å². The Labute approximate surface area is 153 Å². The SMILES string of the molecule is NS(=O)(=O)c1ccc(NC(=S)Nc2c(F)c(F)c(Br)c(F)c2F)cc1. The van der Waals surface area contributed by atoms with E-state index >= 15 is 0 Å². The van der Waals surface area contributed by atoms with Gasteiger partial charge in [0.05, 0.1) is 9.37 Å². The fourth-order valence-electron chi connectivity index (χ4n) is 1.72. The molecule has 0 radical (unpaired) electrons. The summed E-state index contributed by atoms with van der Waals surface area (Å²) >= 11 is 7.20. The Kier molecular flexibility index (Phi) is 5.66. The van der Waals surface area contributed by atoms with Gasteiger partial charge in [0.2, 0.25) is 10.0 Å². The van der Waals surface area contributed by atoms with Crippen LogP contribution in [0.1, 0.15) is 0 Å². The Morgan fingerprint density at radius 1 is 0.960 bits per heavy atom. The van der Waals surface area contributed by atoms with Crippen molar-refractivity contribution < 1.29 is 26.0 Å². The maximum absolute atomic E-state index is 13.7. The van der Waals surface area contributed by atoms with Crippen LogP contribution in [0.2, 0.25) is 0 Å². The lowest BCUT2D eigenvalue weighted by Crippen LogP contribution is -2.21. The van der Waals surface area contributed by atoms with Crippen LogP contribution in [-0.2, 0) is 10.0 Å². The minimum Gasteiger partial charge on any atom is -0.332 e. The Morgan fingerprint density at radius 2 is 1.44 bits per heavy atom. The second-order valence-electron chi connectivity index (χ2n) is 4.59. The summed E-state index contributed by atoms with van der Waals surface area (Å²) in [7, 11) is -3.88. The molecule has 0 aromatic heterocycles. The number of benzene rings is 2. The summed E-state index contributed by atoms with van der Waals surface area (Å²) in [4.78, 5) is -0.161. The molecule has 0 aliphatic carbocycles. The van der Waals surface area contributed by atoms with Crippen molar-refractivity contribution in [3.05, 3.63) is 52.0 Å². The molecule has 4 N–H and O–H groups in total. The normalized spacial score (nSPS) is 11.3. The van der Waals surface area contributed by atoms with Gasteiger partial charge in [0.15, 0.2) is 28.4 Å². The lowest BCUT2D eigenvalue weighted by molar-refractivity contribution is 0.452. The van der Waals surface area contributed by atoms with Crippen LogP contribution in [-0.4, -0.2) is 13.5 Å². The van der Waals surface area contributed by atoms with Crippen LogP contribution in [0.25, 0.3) is 0 Å². The van der Waals surface area contributed by atoms with Gasteiger partial charge in [0.25, 0.3) is 0 Å². The summed E-state index contributed by atoms with van der Waals surface area (Å²) in [5.41, 5.74) is -0.874. The summed E-state index contributed by atoms with van der Waals surface area (Å²) in [5, 5.41) is 9.03. The molecule has 0 heterocycles. The van der Waals surface area contributed by atoms with Crippen molar-refractivity contribution in [1.29, 1.82) is 0 Å². The van der Waals surface area contributed by atoms with Gasteiger partial charge in [-0.1, -0.05) is 0 Å². The highest BCUT2D eigenvalue weighted by Crippen LogP contribution is 2.31. The van der Waals surface area contributed by atoms with E-state index in [0.717, 1.165) is 0 Å². The van der Waals surface area contributed by atoms with Crippen molar-refractivity contribution in [2.45, 2.75) is 4.90 Å². The molecule has 0 spiro atoms. The topological polar surface area (TPSA) is 84.2 Å². The Morgan fingerprint density at radius 3 is 1.88 bits per heavy atom. The fourth-order valence-corrected chi connectivity index (χ4v) is 2.80. The van der Waals surface area contributed by atoms with E-state index in [2.05, 4.69) is 21.2 Å². The van der Waals surface area contributed by atoms with Crippen LogP contribution in [0.5, 0.6) is 0 Å². The molecule has 0 saturated carbocycles. The maximum atomic E-state index is 13.7. The molecule has 0 aliphatic rings. The molecule has 0 unspecified atom stereocenters. The molecule has 0 atom stereocenters. The molecule has 2 rings (SSSR count). The first kappa shape index (κ1) is 19.6. The molecule has 134 valence electrons. The summed E-state index contributed by atoms with van der Waals surface area (Å²) in [5.74, 6) is -6.58. The molecule has 0 aliphatic heterocycles. The van der Waals surface area contributed by atoms with E-state index in [-0.39, 0.29) is 15.7 Å². The largest absolute Gasteiger partial charge is 0.332 e. The van der Waals surface area contributed by atoms with Crippen molar-refractivity contribution in [3.8, 4) is 0 Å². The predicted molar refractivity (Wildman–Crippen MR) is 91.6 cm³/mol. The molecular weight excluding hydrogens is 450 g/mol. The van der Waals surface area contributed by atoms with Gasteiger partial charge in [-0.25, -0.2) is 31.1 Å². The molecule has 5 nitrogen and oxygen atoms in total. The number of nitrogens with two attached hydrogens (primary N) is 1. The number of halogens is 5. The van der Waals surface area contributed by atoms with Crippen molar-refractivity contribution in [2.75, 3.05) is 10.6 Å². The van der Waals surface area contributed by atoms with Crippen molar-refractivity contribution >= 4 is 54.7 Å². The second kappa shape index (κ2) is 7.23. The third-order valence-corrected chi connectivity index (χ3v) is 4.72. The standard InChI is InChI=1S/C13H8BrF4N3O2S2/c14-7-8(15)10(17)12(11(18)9(7)16)21-13(24)20-5-1-3-6(4-2-5)25(19,22)23/h1-4H,(H2,19,22,23)(H2,20,21,24). The van der Waals surface area contributed by atoms with Crippen LogP contribution in [0, 0.1) is 23.3 Å². The van der Waals surface area contributed by atoms with Gasteiger partial charge in [-0.2, -0.15) is 0 Å². The lowest BCUT2D eigenvalue weighted by atomic mass is 10.2. The van der Waals surface area contributed by atoms with Gasteiger partial charge in [0, 0.05) is 5.69 Å². The highest BCUT2D eigenvalue weighted by molar-refractivity contribution is 9.10. The van der Waals surface area contributed by atoms with Gasteiger partial charge < -0.3 is 10.6 Å². The second-order valence-corrected chi connectivity index (χ2v) is 7.36. The number of nitrogens with one attached hydrogen (secondary N) is 2. The average molecular weight is 458 g/mol. The average Bonchev–Trinajstić information content (AvgIpc) is 2.55. The third kappa shape index (κ3) is 4.26. The number of hydrogen-bond acceptors (Lipinski definition) is 3. The number of rotatable bonds is 3. The molecule has 25 heavy (non-hydrogen) atoms. The monoisotopic (exact) mass is 457 g/mol. The van der Waals surface area contributed by atoms with Gasteiger partial charge >= 0.3 is 0 Å². The quantitative estimate of drug-likeness (QED) is 0.284. The zero-order valence-electron chi connectivity index (χ0n) is 11.9. The summed E-state index contributed by atoms with van der Waals surface area (Å²) in [6.45, 7) is 0. The highest BCUT2D eigenvalue weighted by Gasteiger charge is 2.24. The number of sulfonamides is 1. The van der Waals surface area contributed by atoms with E-state index < -0.39 is 43.5 Å². The molecule has 12 heteroatoms. The first-order valence-corrected chi connectivity index (χ1v) is 8.99. The summed E-state index contributed by atoms with van der Waals surface area (Å²) in [6.07, 6.45) is 0. The van der Waals surface area contributed by atoms with Crippen LogP contribution in [0.3, 0.4) is 0 Å². The van der Waals surface area contributed by atoms with Gasteiger partial charge in [0.1, 0.15) is 5.69 Å². The van der Waals surface area contributed by atoms with Crippen LogP contribution >= 0.6 is 28.1 Å². The summed E-state index contributed by atoms with van der Waals surface area (Å²) in [6, 6.07) is 4.90. The lowest BCUT2D eigenvalue weighted by Gasteiger charge is -2.13. The molecule has 0 bridgehead atoms. The van der Waals surface area contributed by atoms with Gasteiger partial charge in [-0.15, -0.1) is 0 Å². The van der Waals surface area contributed by atoms with E-state index in [1.165, 1.54) is 24.3 Å². The zero-order chi connectivity index (χ0) is 18.9. The van der Waals surface area contributed by atoms with E-state index in [4.69, 9.17) is 17.4 Å². The molecule has 0 fully saturated rings. The summed E-state index contributed by atoms with van der Waals surface area (Å²) < 4.78 is 75.7. The maximum Gasteiger partial charge on any atom is 0.238 e. The van der Waals surface area contributed by atoms with E-state index in [1.807, 2.05) is 5.32 Å². The minimum atomic E-state index is -3.88. The molecule has 0 saturated heterocycles. The van der Waals surface area contributed by atoms with Crippen molar-refractivity contribution in [2.24, 2.45) is 5.14 Å². The zero-order valence-corrected chi connectivity index (χ0v) is 15.1. The van der Waals surface area contributed by atoms with E-state index in [1.54, 1.807) is 0 Å². The highest BCUT2D eigenvalue weighted by atomic mass is 79.9. The third-order valence-electron chi connectivity index (χ3n) is 2.89. The Balaban J connectivity index is 2.22. The number of anilines is 2. The Hall–Kier alpha value is -1.76. The predicted octanol–water partition coefficient (Wildman–Crippen LogP) is 3.46. The molecule has 2 aromatic carbocycles. The number of hydrogen-bond donors (Lipinski definition) is 3. The Bertz CT molecular complexity index is 924. The van der Waals surface area contributed by atoms with Crippen LogP contribution in [0.4, 0.5) is 28.9 Å². The molecular formula is C13H8BrF4N3O2S2. The molecule has 2 aromatic rings. The van der Waals surface area contributed by atoms with Crippen LogP contribution in [0.15, 0.2) is 33.6 Å². The first-order chi connectivity index (χ1) is 11.5. The van der Waals surface area contributed by atoms with E-state index in [9.17, 15) is 26.0 Å². The van der Waals surface area contributed by atoms with Crippen molar-refractivity contribution in [1.82, 2.24) is 0 Å². The smallest absolute Gasteiger partial charge is 0.238 e. The molecule has 0 amide bonds. The first-order valence-electron chi connectivity index (χ1n) is 6.24. The van der Waals surface area contributed by atoms with Crippen LogP contribution < -0.4 is 15.8 Å². The van der Waals surface area contributed by atoms with Crippen molar-refractivity contribution in [3.63, 3.8) is 0 Å². The van der Waals surface area contributed by atoms with E-state index in [0.29, 0.717) is 0 Å².